The number of nitrogens with one attached hydrogen (secondary N) is 2. The maximum Gasteiger partial charge on any atom is 0.307 e. The van der Waals surface area contributed by atoms with Crippen molar-refractivity contribution in [1.29, 1.82) is 0 Å². The van der Waals surface area contributed by atoms with Crippen molar-refractivity contribution in [3.63, 3.8) is 0 Å². The van der Waals surface area contributed by atoms with Gasteiger partial charge in [-0.15, -0.1) is 0 Å². The summed E-state index contributed by atoms with van der Waals surface area (Å²) >= 11 is 1.56. The van der Waals surface area contributed by atoms with Crippen LogP contribution in [0.4, 0.5) is 17.2 Å². The molecule has 3 N–H and O–H groups in total. The molecule has 2 aliphatic rings. The van der Waals surface area contributed by atoms with E-state index in [2.05, 4.69) is 30.4 Å². The van der Waals surface area contributed by atoms with Gasteiger partial charge in [-0.3, -0.25) is 9.59 Å². The highest BCUT2D eigenvalue weighted by Gasteiger charge is 2.58. The molecule has 4 heterocycles. The van der Waals surface area contributed by atoms with E-state index in [4.69, 9.17) is 0 Å². The van der Waals surface area contributed by atoms with Crippen LogP contribution in [0.1, 0.15) is 19.3 Å². The number of aromatic amines is 1. The van der Waals surface area contributed by atoms with E-state index in [0.29, 0.717) is 22.5 Å². The summed E-state index contributed by atoms with van der Waals surface area (Å²) in [5.74, 6) is 0.136. The second kappa shape index (κ2) is 7.91. The Labute approximate surface area is 198 Å². The topological polar surface area (TPSA) is 124 Å². The van der Waals surface area contributed by atoms with Crippen LogP contribution in [-0.4, -0.2) is 44.3 Å². The highest BCUT2D eigenvalue weighted by atomic mass is 32.1. The van der Waals surface area contributed by atoms with Crippen molar-refractivity contribution in [3.8, 4) is 11.4 Å². The molecule has 6 rings (SSSR count). The van der Waals surface area contributed by atoms with Crippen molar-refractivity contribution in [2.45, 2.75) is 19.3 Å². The number of hydrogen-bond donors (Lipinski definition) is 3. The molecule has 9 nitrogen and oxygen atoms in total. The Kier molecular flexibility index (Phi) is 4.84. The van der Waals surface area contributed by atoms with E-state index in [9.17, 15) is 14.7 Å². The van der Waals surface area contributed by atoms with Gasteiger partial charge in [0.2, 0.25) is 0 Å². The van der Waals surface area contributed by atoms with Crippen LogP contribution in [0.15, 0.2) is 52.1 Å². The zero-order valence-corrected chi connectivity index (χ0v) is 19.0. The maximum atomic E-state index is 12.5. The van der Waals surface area contributed by atoms with Gasteiger partial charge in [0, 0.05) is 35.4 Å². The van der Waals surface area contributed by atoms with Crippen LogP contribution in [-0.2, 0) is 4.79 Å². The molecule has 0 bridgehead atoms. The third kappa shape index (κ3) is 3.60. The number of carboxylic acid groups (broad SMARTS) is 1. The Balaban J connectivity index is 1.24. The molecule has 4 aromatic rings. The van der Waals surface area contributed by atoms with Gasteiger partial charge in [0.05, 0.1) is 12.1 Å². The number of carboxylic acids is 1. The van der Waals surface area contributed by atoms with Gasteiger partial charge in [-0.05, 0) is 60.4 Å². The monoisotopic (exact) mass is 474 g/mol. The first-order valence-electron chi connectivity index (χ1n) is 11.2. The number of H-pyrrole nitrogens is 1. The first kappa shape index (κ1) is 20.8. The van der Waals surface area contributed by atoms with Gasteiger partial charge in [0.15, 0.2) is 5.82 Å². The van der Waals surface area contributed by atoms with Gasteiger partial charge in [0.25, 0.3) is 5.56 Å². The average molecular weight is 475 g/mol. The Hall–Kier alpha value is -3.79. The van der Waals surface area contributed by atoms with Gasteiger partial charge in [0.1, 0.15) is 16.7 Å². The summed E-state index contributed by atoms with van der Waals surface area (Å²) in [5.41, 5.74) is 2.92. The molecule has 1 spiro atoms. The highest BCUT2D eigenvalue weighted by Crippen LogP contribution is 2.59. The van der Waals surface area contributed by atoms with Crippen LogP contribution in [0.5, 0.6) is 0 Å². The Morgan fingerprint density at radius 3 is 2.65 bits per heavy atom. The fraction of sp³-hybridized carbons (Fsp3) is 0.292. The van der Waals surface area contributed by atoms with E-state index < -0.39 is 5.97 Å². The van der Waals surface area contributed by atoms with Crippen molar-refractivity contribution in [2.24, 2.45) is 11.3 Å². The number of anilines is 3. The van der Waals surface area contributed by atoms with Crippen LogP contribution in [0, 0.1) is 11.3 Å². The van der Waals surface area contributed by atoms with Gasteiger partial charge >= 0.3 is 5.97 Å². The highest BCUT2D eigenvalue weighted by molar-refractivity contribution is 7.08. The number of nitrogens with zero attached hydrogens (tertiary/aromatic N) is 4. The van der Waals surface area contributed by atoms with E-state index in [-0.39, 0.29) is 16.9 Å². The molecule has 0 unspecified atom stereocenters. The lowest BCUT2D eigenvalue weighted by atomic mass is 9.90. The summed E-state index contributed by atoms with van der Waals surface area (Å²) in [7, 11) is 0. The van der Waals surface area contributed by atoms with Gasteiger partial charge in [-0.2, -0.15) is 16.4 Å². The summed E-state index contributed by atoms with van der Waals surface area (Å²) in [6, 6.07) is 9.94. The van der Waals surface area contributed by atoms with Crippen molar-refractivity contribution >= 4 is 45.4 Å². The minimum atomic E-state index is -0.655. The van der Waals surface area contributed by atoms with Crippen LogP contribution in [0.3, 0.4) is 0 Å². The molecule has 10 heteroatoms. The van der Waals surface area contributed by atoms with E-state index >= 15 is 0 Å². The number of aromatic nitrogens is 4. The quantitative estimate of drug-likeness (QED) is 0.398. The number of thiophene rings is 1. The predicted molar refractivity (Wildman–Crippen MR) is 131 cm³/mol. The second-order valence-corrected chi connectivity index (χ2v) is 9.76. The van der Waals surface area contributed by atoms with Crippen molar-refractivity contribution < 1.29 is 9.90 Å². The lowest BCUT2D eigenvalue weighted by Gasteiger charge is -2.34. The summed E-state index contributed by atoms with van der Waals surface area (Å²) in [6.45, 7) is 1.72. The van der Waals surface area contributed by atoms with E-state index in [1.54, 1.807) is 11.3 Å². The van der Waals surface area contributed by atoms with Crippen molar-refractivity contribution in [1.82, 2.24) is 20.2 Å². The molecule has 1 aliphatic heterocycles. The minimum absolute atomic E-state index is 0.0139. The summed E-state index contributed by atoms with van der Waals surface area (Å²) in [5, 5.41) is 23.2. The molecular weight excluding hydrogens is 452 g/mol. The van der Waals surface area contributed by atoms with E-state index in [0.717, 1.165) is 49.3 Å². The molecule has 1 aromatic carbocycles. The van der Waals surface area contributed by atoms with Crippen LogP contribution in [0.2, 0.25) is 0 Å². The molecule has 1 aliphatic carbocycles. The molecule has 1 atom stereocenters. The minimum Gasteiger partial charge on any atom is -0.481 e. The Morgan fingerprint density at radius 1 is 1.18 bits per heavy atom. The second-order valence-electron chi connectivity index (χ2n) is 8.98. The van der Waals surface area contributed by atoms with Crippen molar-refractivity contribution in [3.05, 3.63) is 57.6 Å². The van der Waals surface area contributed by atoms with Crippen LogP contribution < -0.4 is 15.8 Å². The Morgan fingerprint density at radius 2 is 1.97 bits per heavy atom. The molecule has 3 aromatic heterocycles. The first-order valence-corrected chi connectivity index (χ1v) is 12.1. The molecule has 0 radical (unpaired) electrons. The maximum absolute atomic E-state index is 12.5. The largest absolute Gasteiger partial charge is 0.481 e. The number of fused-ring (bicyclic) bond motifs is 1. The third-order valence-electron chi connectivity index (χ3n) is 7.04. The number of piperidine rings is 1. The molecule has 1 saturated heterocycles. The smallest absolute Gasteiger partial charge is 0.307 e. The van der Waals surface area contributed by atoms with Crippen molar-refractivity contribution in [2.75, 3.05) is 23.3 Å². The molecule has 34 heavy (non-hydrogen) atoms. The Bertz CT molecular complexity index is 1430. The number of aliphatic carboxylic acids is 1. The standard InChI is InChI=1S/C24H22N6O3S/c31-22-19-18(12-25-29-22)27-20(14-5-10-34-13-14)28-21(19)26-15-1-3-16(4-2-15)30-8-6-24(7-9-30)11-17(24)23(32)33/h1-5,10,12-13,17H,6-9,11H2,(H,29,31)(H,32,33)(H,26,27,28)/t17-/m1/s1. The summed E-state index contributed by atoms with van der Waals surface area (Å²) in [6.07, 6.45) is 4.17. The molecule has 2 fully saturated rings. The lowest BCUT2D eigenvalue weighted by Crippen LogP contribution is -2.35. The van der Waals surface area contributed by atoms with E-state index in [1.165, 1.54) is 6.20 Å². The number of benzene rings is 1. The summed E-state index contributed by atoms with van der Waals surface area (Å²) < 4.78 is 0. The number of carbonyl (C=O) groups is 1. The first-order chi connectivity index (χ1) is 16.5. The number of hydrogen-bond acceptors (Lipinski definition) is 8. The number of rotatable bonds is 5. The molecule has 1 saturated carbocycles. The third-order valence-corrected chi connectivity index (χ3v) is 7.72. The van der Waals surface area contributed by atoms with E-state index in [1.807, 2.05) is 41.1 Å². The van der Waals surface area contributed by atoms with Crippen LogP contribution in [0.25, 0.3) is 22.3 Å². The SMILES string of the molecule is O=C(O)[C@H]1CC12CCN(c1ccc(Nc3nc(-c4ccsc4)nc4cn[nH]c(=O)c34)cc1)CC2. The van der Waals surface area contributed by atoms with Gasteiger partial charge in [-0.25, -0.2) is 15.1 Å². The zero-order valence-electron chi connectivity index (χ0n) is 18.2. The molecule has 0 amide bonds. The predicted octanol–water partition coefficient (Wildman–Crippen LogP) is 3.88. The van der Waals surface area contributed by atoms with Gasteiger partial charge in [-0.1, -0.05) is 0 Å². The molecular formula is C24H22N6O3S. The normalized spacial score (nSPS) is 18.8. The molecule has 172 valence electrons. The fourth-order valence-electron chi connectivity index (χ4n) is 4.97. The average Bonchev–Trinajstić information content (AvgIpc) is 3.26. The lowest BCUT2D eigenvalue weighted by molar-refractivity contribution is -0.139. The van der Waals surface area contributed by atoms with Gasteiger partial charge < -0.3 is 15.3 Å². The van der Waals surface area contributed by atoms with Crippen LogP contribution >= 0.6 is 11.3 Å². The zero-order chi connectivity index (χ0) is 23.3. The fourth-order valence-corrected chi connectivity index (χ4v) is 5.60. The summed E-state index contributed by atoms with van der Waals surface area (Å²) in [4.78, 5) is 35.3.